The third kappa shape index (κ3) is 3.85. The lowest BCUT2D eigenvalue weighted by Gasteiger charge is -2.12. The number of aryl methyl sites for hydroxylation is 1. The van der Waals surface area contributed by atoms with E-state index >= 15 is 0 Å². The normalized spacial score (nSPS) is 11.2. The van der Waals surface area contributed by atoms with Gasteiger partial charge in [0.2, 0.25) is 9.84 Å². The van der Waals surface area contributed by atoms with Crippen molar-refractivity contribution in [3.05, 3.63) is 69.4 Å². The fraction of sp³-hybridized carbons (Fsp3) is 0.105. The van der Waals surface area contributed by atoms with E-state index in [0.29, 0.717) is 16.3 Å². The van der Waals surface area contributed by atoms with Crippen molar-refractivity contribution in [2.24, 2.45) is 0 Å². The van der Waals surface area contributed by atoms with Gasteiger partial charge in [0.1, 0.15) is 10.6 Å². The lowest BCUT2D eigenvalue weighted by molar-refractivity contribution is 0.102. The fourth-order valence-electron chi connectivity index (χ4n) is 2.62. The Balaban J connectivity index is 1.95. The number of hydrogen-bond donors (Lipinski definition) is 1. The molecule has 0 bridgehead atoms. The molecule has 3 rings (SSSR count). The third-order valence-corrected chi connectivity index (χ3v) is 6.90. The van der Waals surface area contributed by atoms with Crippen LogP contribution in [0.4, 0.5) is 5.69 Å². The minimum Gasteiger partial charge on any atom is -0.496 e. The number of thiophene rings is 1. The molecule has 0 saturated heterocycles. The summed E-state index contributed by atoms with van der Waals surface area (Å²) in [5, 5.41) is 6.21. The van der Waals surface area contributed by atoms with Crippen LogP contribution in [0.3, 0.4) is 0 Å². The number of ether oxygens (including phenoxy) is 1. The van der Waals surface area contributed by atoms with Gasteiger partial charge >= 0.3 is 0 Å². The fourth-order valence-corrected chi connectivity index (χ4v) is 5.28. The van der Waals surface area contributed by atoms with Crippen LogP contribution in [0.2, 0.25) is 5.02 Å². The molecule has 8 heteroatoms. The van der Waals surface area contributed by atoms with Crippen LogP contribution in [0.25, 0.3) is 0 Å². The van der Waals surface area contributed by atoms with Crippen molar-refractivity contribution in [3.8, 4) is 5.75 Å². The highest BCUT2D eigenvalue weighted by Gasteiger charge is 2.24. The number of halogens is 1. The summed E-state index contributed by atoms with van der Waals surface area (Å²) in [5.74, 6) is 0.00819. The van der Waals surface area contributed by atoms with Crippen LogP contribution in [0.5, 0.6) is 5.75 Å². The molecule has 1 heterocycles. The minimum absolute atomic E-state index is 0.0368. The summed E-state index contributed by atoms with van der Waals surface area (Å²) in [5.41, 5.74) is 1.37. The summed E-state index contributed by atoms with van der Waals surface area (Å²) in [6.45, 7) is 1.83. The molecule has 27 heavy (non-hydrogen) atoms. The van der Waals surface area contributed by atoms with Crippen LogP contribution >= 0.6 is 22.9 Å². The van der Waals surface area contributed by atoms with Crippen LogP contribution < -0.4 is 10.1 Å². The van der Waals surface area contributed by atoms with Crippen molar-refractivity contribution < 1.29 is 17.9 Å². The lowest BCUT2D eigenvalue weighted by atomic mass is 10.1. The number of methoxy groups -OCH3 is 1. The Morgan fingerprint density at radius 1 is 1.11 bits per heavy atom. The van der Waals surface area contributed by atoms with E-state index in [4.69, 9.17) is 16.3 Å². The van der Waals surface area contributed by atoms with Crippen LogP contribution in [0, 0.1) is 6.92 Å². The topological polar surface area (TPSA) is 72.5 Å². The van der Waals surface area contributed by atoms with Crippen molar-refractivity contribution in [2.45, 2.75) is 16.7 Å². The standard InChI is InChI=1S/C19H16ClNO4S2/c1-12-4-3-5-15(18(12)25-2)19(22)21-16-10-26-11-17(16)27(23,24)14-8-6-13(20)7-9-14/h3-11H,1-2H3,(H,21,22). The second kappa shape index (κ2) is 7.72. The second-order valence-corrected chi connectivity index (χ2v) is 8.82. The first-order chi connectivity index (χ1) is 12.8. The van der Waals surface area contributed by atoms with E-state index in [1.165, 1.54) is 48.1 Å². The zero-order valence-electron chi connectivity index (χ0n) is 14.5. The second-order valence-electron chi connectivity index (χ2n) is 5.72. The molecule has 1 amide bonds. The number of nitrogens with one attached hydrogen (secondary N) is 1. The van der Waals surface area contributed by atoms with Crippen molar-refractivity contribution in [2.75, 3.05) is 12.4 Å². The molecular formula is C19H16ClNO4S2. The van der Waals surface area contributed by atoms with Gasteiger partial charge in [-0.2, -0.15) is 0 Å². The summed E-state index contributed by atoms with van der Waals surface area (Å²) in [6, 6.07) is 11.1. The number of amides is 1. The number of hydrogen-bond acceptors (Lipinski definition) is 5. The van der Waals surface area contributed by atoms with Gasteiger partial charge in [-0.15, -0.1) is 11.3 Å². The van der Waals surface area contributed by atoms with Gasteiger partial charge in [0.25, 0.3) is 5.91 Å². The molecule has 0 fully saturated rings. The molecule has 0 unspecified atom stereocenters. The van der Waals surface area contributed by atoms with E-state index in [1.54, 1.807) is 17.5 Å². The number of sulfone groups is 1. The SMILES string of the molecule is COc1c(C)cccc1C(=O)Nc1cscc1S(=O)(=O)c1ccc(Cl)cc1. The summed E-state index contributed by atoms with van der Waals surface area (Å²) < 4.78 is 31.1. The lowest BCUT2D eigenvalue weighted by Crippen LogP contribution is -2.15. The molecule has 0 spiro atoms. The van der Waals surface area contributed by atoms with Gasteiger partial charge < -0.3 is 10.1 Å². The molecule has 0 radical (unpaired) electrons. The van der Waals surface area contributed by atoms with E-state index in [-0.39, 0.29) is 15.5 Å². The highest BCUT2D eigenvalue weighted by Crippen LogP contribution is 2.32. The molecule has 0 atom stereocenters. The Hall–Kier alpha value is -2.35. The molecule has 0 aliphatic rings. The predicted octanol–water partition coefficient (Wildman–Crippen LogP) is 4.80. The Bertz CT molecular complexity index is 1090. The van der Waals surface area contributed by atoms with Crippen molar-refractivity contribution >= 4 is 44.4 Å². The van der Waals surface area contributed by atoms with Gasteiger partial charge in [-0.05, 0) is 42.8 Å². The first-order valence-corrected chi connectivity index (χ1v) is 10.7. The van der Waals surface area contributed by atoms with Gasteiger partial charge in [-0.3, -0.25) is 4.79 Å². The van der Waals surface area contributed by atoms with Gasteiger partial charge in [-0.1, -0.05) is 23.7 Å². The number of rotatable bonds is 5. The zero-order chi connectivity index (χ0) is 19.6. The molecule has 5 nitrogen and oxygen atoms in total. The first-order valence-electron chi connectivity index (χ1n) is 7.86. The summed E-state index contributed by atoms with van der Waals surface area (Å²) in [6.07, 6.45) is 0. The molecule has 0 saturated carbocycles. The van der Waals surface area contributed by atoms with Crippen LogP contribution in [-0.2, 0) is 9.84 Å². The largest absolute Gasteiger partial charge is 0.496 e. The maximum atomic E-state index is 12.9. The third-order valence-electron chi connectivity index (χ3n) is 3.95. The van der Waals surface area contributed by atoms with Gasteiger partial charge in [0, 0.05) is 15.8 Å². The Morgan fingerprint density at radius 3 is 2.48 bits per heavy atom. The van der Waals surface area contributed by atoms with Crippen molar-refractivity contribution in [1.82, 2.24) is 0 Å². The Morgan fingerprint density at radius 2 is 1.81 bits per heavy atom. The van der Waals surface area contributed by atoms with Crippen molar-refractivity contribution in [1.29, 1.82) is 0 Å². The van der Waals surface area contributed by atoms with Crippen LogP contribution in [0.1, 0.15) is 15.9 Å². The predicted molar refractivity (Wildman–Crippen MR) is 107 cm³/mol. The highest BCUT2D eigenvalue weighted by atomic mass is 35.5. The Kier molecular flexibility index (Phi) is 5.55. The van der Waals surface area contributed by atoms with E-state index in [1.807, 2.05) is 13.0 Å². The van der Waals surface area contributed by atoms with Gasteiger partial charge in [-0.25, -0.2) is 8.42 Å². The molecular weight excluding hydrogens is 406 g/mol. The van der Waals surface area contributed by atoms with Crippen molar-refractivity contribution in [3.63, 3.8) is 0 Å². The van der Waals surface area contributed by atoms with Gasteiger partial charge in [0.05, 0.1) is 23.3 Å². The molecule has 140 valence electrons. The first kappa shape index (κ1) is 19.4. The minimum atomic E-state index is -3.79. The van der Waals surface area contributed by atoms with Crippen LogP contribution in [-0.4, -0.2) is 21.4 Å². The number of benzene rings is 2. The monoisotopic (exact) mass is 421 g/mol. The number of anilines is 1. The molecule has 1 aromatic heterocycles. The maximum absolute atomic E-state index is 12.9. The summed E-state index contributed by atoms with van der Waals surface area (Å²) in [4.78, 5) is 12.8. The van der Waals surface area contributed by atoms with E-state index in [2.05, 4.69) is 5.32 Å². The van der Waals surface area contributed by atoms with E-state index in [0.717, 1.165) is 5.56 Å². The van der Waals surface area contributed by atoms with Crippen LogP contribution in [0.15, 0.2) is 63.0 Å². The summed E-state index contributed by atoms with van der Waals surface area (Å²) in [7, 11) is -2.30. The number of carbonyl (C=O) groups is 1. The quantitative estimate of drug-likeness (QED) is 0.642. The maximum Gasteiger partial charge on any atom is 0.259 e. The summed E-state index contributed by atoms with van der Waals surface area (Å²) >= 11 is 7.02. The molecule has 3 aromatic rings. The molecule has 2 aromatic carbocycles. The average Bonchev–Trinajstić information content (AvgIpc) is 3.10. The highest BCUT2D eigenvalue weighted by molar-refractivity contribution is 7.91. The average molecular weight is 422 g/mol. The van der Waals surface area contributed by atoms with E-state index in [9.17, 15) is 13.2 Å². The number of para-hydroxylation sites is 1. The molecule has 1 N–H and O–H groups in total. The Labute approximate surface area is 166 Å². The molecule has 0 aliphatic heterocycles. The van der Waals surface area contributed by atoms with E-state index < -0.39 is 15.7 Å². The smallest absolute Gasteiger partial charge is 0.259 e. The molecule has 0 aliphatic carbocycles. The van der Waals surface area contributed by atoms with Gasteiger partial charge in [0.15, 0.2) is 0 Å². The zero-order valence-corrected chi connectivity index (χ0v) is 16.9. The number of carbonyl (C=O) groups excluding carboxylic acids is 1.